The van der Waals surface area contributed by atoms with Crippen molar-refractivity contribution < 1.29 is 4.39 Å². The molecule has 0 amide bonds. The van der Waals surface area contributed by atoms with Gasteiger partial charge < -0.3 is 0 Å². The van der Waals surface area contributed by atoms with Gasteiger partial charge in [-0.2, -0.15) is 0 Å². The number of aryl methyl sites for hydroxylation is 1. The fourth-order valence-electron chi connectivity index (χ4n) is 2.38. The summed E-state index contributed by atoms with van der Waals surface area (Å²) in [4.78, 5) is 0. The maximum Gasteiger partial charge on any atom is 0.137 e. The first-order valence-corrected chi connectivity index (χ1v) is 7.43. The lowest BCUT2D eigenvalue weighted by atomic mass is 9.94. The van der Waals surface area contributed by atoms with Gasteiger partial charge in [-0.3, -0.25) is 11.3 Å². The molecule has 0 radical (unpaired) electrons. The van der Waals surface area contributed by atoms with Crippen LogP contribution in [0.15, 0.2) is 46.9 Å². The van der Waals surface area contributed by atoms with Crippen LogP contribution in [0.1, 0.15) is 29.7 Å². The van der Waals surface area contributed by atoms with Gasteiger partial charge in [-0.15, -0.1) is 0 Å². The second kappa shape index (κ2) is 6.97. The van der Waals surface area contributed by atoms with Crippen molar-refractivity contribution in [2.45, 2.75) is 25.8 Å². The Kier molecular flexibility index (Phi) is 5.29. The first kappa shape index (κ1) is 15.2. The maximum absolute atomic E-state index is 13.6. The highest BCUT2D eigenvalue weighted by atomic mass is 79.9. The summed E-state index contributed by atoms with van der Waals surface area (Å²) in [5.41, 5.74) is 6.16. The SMILES string of the molecule is CCc1ccccc1C(Cc1cccc(F)c1Br)NN. The summed E-state index contributed by atoms with van der Waals surface area (Å²) in [5.74, 6) is 5.46. The standard InChI is InChI=1S/C16H18BrFN2/c1-2-11-6-3-4-8-13(11)15(20-19)10-12-7-5-9-14(18)16(12)17/h3-9,15,20H,2,10,19H2,1H3. The van der Waals surface area contributed by atoms with Crippen LogP contribution >= 0.6 is 15.9 Å². The number of rotatable bonds is 5. The van der Waals surface area contributed by atoms with Crippen molar-refractivity contribution in [2.24, 2.45) is 5.84 Å². The molecule has 2 nitrogen and oxygen atoms in total. The minimum atomic E-state index is -0.248. The smallest absolute Gasteiger partial charge is 0.137 e. The summed E-state index contributed by atoms with van der Waals surface area (Å²) in [6.45, 7) is 2.12. The highest BCUT2D eigenvalue weighted by molar-refractivity contribution is 9.10. The third-order valence-electron chi connectivity index (χ3n) is 3.47. The topological polar surface area (TPSA) is 38.0 Å². The lowest BCUT2D eigenvalue weighted by Crippen LogP contribution is -2.30. The molecule has 0 aliphatic carbocycles. The van der Waals surface area contributed by atoms with Crippen molar-refractivity contribution in [2.75, 3.05) is 0 Å². The van der Waals surface area contributed by atoms with E-state index in [1.165, 1.54) is 11.6 Å². The third kappa shape index (κ3) is 3.26. The van der Waals surface area contributed by atoms with E-state index >= 15 is 0 Å². The van der Waals surface area contributed by atoms with E-state index in [1.807, 2.05) is 18.2 Å². The molecule has 0 heterocycles. The highest BCUT2D eigenvalue weighted by Gasteiger charge is 2.16. The van der Waals surface area contributed by atoms with Gasteiger partial charge in [0.15, 0.2) is 0 Å². The number of benzene rings is 2. The summed E-state index contributed by atoms with van der Waals surface area (Å²) >= 11 is 3.30. The second-order valence-corrected chi connectivity index (χ2v) is 5.48. The van der Waals surface area contributed by atoms with Crippen molar-refractivity contribution >= 4 is 15.9 Å². The van der Waals surface area contributed by atoms with E-state index in [4.69, 9.17) is 5.84 Å². The zero-order chi connectivity index (χ0) is 14.5. The van der Waals surface area contributed by atoms with Crippen molar-refractivity contribution in [1.29, 1.82) is 0 Å². The van der Waals surface area contributed by atoms with Crippen molar-refractivity contribution in [1.82, 2.24) is 5.43 Å². The van der Waals surface area contributed by atoms with Crippen molar-refractivity contribution in [3.8, 4) is 0 Å². The molecule has 1 unspecified atom stereocenters. The van der Waals surface area contributed by atoms with Crippen molar-refractivity contribution in [3.63, 3.8) is 0 Å². The van der Waals surface area contributed by atoms with Gasteiger partial charge in [-0.25, -0.2) is 4.39 Å². The molecule has 0 bridgehead atoms. The van der Waals surface area contributed by atoms with Gasteiger partial charge in [0, 0.05) is 0 Å². The molecule has 0 aliphatic rings. The number of hydrogen-bond acceptors (Lipinski definition) is 2. The number of nitrogens with one attached hydrogen (secondary N) is 1. The van der Waals surface area contributed by atoms with Gasteiger partial charge >= 0.3 is 0 Å². The molecule has 0 aliphatic heterocycles. The van der Waals surface area contributed by atoms with E-state index < -0.39 is 0 Å². The number of halogens is 2. The molecule has 106 valence electrons. The quantitative estimate of drug-likeness (QED) is 0.642. The van der Waals surface area contributed by atoms with Crippen LogP contribution in [0, 0.1) is 5.82 Å². The maximum atomic E-state index is 13.6. The van der Waals surface area contributed by atoms with Gasteiger partial charge in [0.1, 0.15) is 5.82 Å². The van der Waals surface area contributed by atoms with E-state index in [0.29, 0.717) is 10.9 Å². The Morgan fingerprint density at radius 2 is 1.85 bits per heavy atom. The molecular formula is C16H18BrFN2. The molecule has 0 saturated carbocycles. The average Bonchev–Trinajstić information content (AvgIpc) is 2.49. The van der Waals surface area contributed by atoms with Crippen LogP contribution in [0.3, 0.4) is 0 Å². The summed E-state index contributed by atoms with van der Waals surface area (Å²) in [7, 11) is 0. The molecule has 0 fully saturated rings. The molecule has 0 spiro atoms. The van der Waals surface area contributed by atoms with Gasteiger partial charge in [0.25, 0.3) is 0 Å². The monoisotopic (exact) mass is 336 g/mol. The lowest BCUT2D eigenvalue weighted by molar-refractivity contribution is 0.542. The van der Waals surface area contributed by atoms with E-state index in [2.05, 4.69) is 40.4 Å². The molecule has 2 aromatic rings. The summed E-state index contributed by atoms with van der Waals surface area (Å²) in [5, 5.41) is 0. The van der Waals surface area contributed by atoms with Crippen LogP contribution in [-0.4, -0.2) is 0 Å². The predicted molar refractivity (Wildman–Crippen MR) is 83.7 cm³/mol. The average molecular weight is 337 g/mol. The van der Waals surface area contributed by atoms with Crippen molar-refractivity contribution in [3.05, 3.63) is 69.4 Å². The summed E-state index contributed by atoms with van der Waals surface area (Å²) in [6, 6.07) is 13.2. The summed E-state index contributed by atoms with van der Waals surface area (Å²) in [6.07, 6.45) is 1.57. The summed E-state index contributed by atoms with van der Waals surface area (Å²) < 4.78 is 14.1. The first-order chi connectivity index (χ1) is 9.67. The molecular weight excluding hydrogens is 319 g/mol. The Bertz CT molecular complexity index is 586. The Hall–Kier alpha value is -1.23. The Balaban J connectivity index is 2.31. The van der Waals surface area contributed by atoms with Crippen LogP contribution in [0.25, 0.3) is 0 Å². The number of hydrazine groups is 1. The minimum absolute atomic E-state index is 0.0377. The second-order valence-electron chi connectivity index (χ2n) is 4.69. The van der Waals surface area contributed by atoms with Crippen LogP contribution in [-0.2, 0) is 12.8 Å². The van der Waals surface area contributed by atoms with Gasteiger partial charge in [-0.05, 0) is 51.5 Å². The zero-order valence-electron chi connectivity index (χ0n) is 11.4. The third-order valence-corrected chi connectivity index (χ3v) is 4.36. The fourth-order valence-corrected chi connectivity index (χ4v) is 2.81. The first-order valence-electron chi connectivity index (χ1n) is 6.64. The van der Waals surface area contributed by atoms with Gasteiger partial charge in [0.2, 0.25) is 0 Å². The van der Waals surface area contributed by atoms with Gasteiger partial charge in [0.05, 0.1) is 10.5 Å². The number of nitrogens with two attached hydrogens (primary N) is 1. The molecule has 20 heavy (non-hydrogen) atoms. The zero-order valence-corrected chi connectivity index (χ0v) is 13.0. The van der Waals surface area contributed by atoms with Crippen LogP contribution in [0.4, 0.5) is 4.39 Å². The molecule has 3 N–H and O–H groups in total. The normalized spacial score (nSPS) is 12.4. The van der Waals surface area contributed by atoms with Crippen LogP contribution in [0.2, 0.25) is 0 Å². The minimum Gasteiger partial charge on any atom is -0.271 e. The Morgan fingerprint density at radius 1 is 1.15 bits per heavy atom. The lowest BCUT2D eigenvalue weighted by Gasteiger charge is -2.20. The Morgan fingerprint density at radius 3 is 2.55 bits per heavy atom. The molecule has 4 heteroatoms. The van der Waals surface area contributed by atoms with E-state index in [9.17, 15) is 4.39 Å². The predicted octanol–water partition coefficient (Wildman–Crippen LogP) is 3.90. The molecule has 0 saturated heterocycles. The Labute approximate surface area is 127 Å². The van der Waals surface area contributed by atoms with Crippen LogP contribution < -0.4 is 11.3 Å². The van der Waals surface area contributed by atoms with E-state index in [0.717, 1.165) is 17.5 Å². The van der Waals surface area contributed by atoms with Crippen LogP contribution in [0.5, 0.6) is 0 Å². The molecule has 0 aromatic heterocycles. The van der Waals surface area contributed by atoms with E-state index in [-0.39, 0.29) is 11.9 Å². The molecule has 2 rings (SSSR count). The fraction of sp³-hybridized carbons (Fsp3) is 0.250. The van der Waals surface area contributed by atoms with E-state index in [1.54, 1.807) is 6.07 Å². The highest BCUT2D eigenvalue weighted by Crippen LogP contribution is 2.27. The number of hydrogen-bond donors (Lipinski definition) is 2. The largest absolute Gasteiger partial charge is 0.271 e. The van der Waals surface area contributed by atoms with Gasteiger partial charge in [-0.1, -0.05) is 43.3 Å². The molecule has 1 atom stereocenters. The molecule has 2 aromatic carbocycles.